The number of nitrogens with zero attached hydrogens (tertiary/aromatic N) is 3. The molecule has 2 atom stereocenters. The van der Waals surface area contributed by atoms with Gasteiger partial charge in [-0.05, 0) is 70.4 Å². The molecule has 146 valence electrons. The average molecular weight is 371 g/mol. The zero-order valence-corrected chi connectivity index (χ0v) is 16.4. The molecule has 2 fully saturated rings. The van der Waals surface area contributed by atoms with Gasteiger partial charge in [0.25, 0.3) is 5.91 Å². The summed E-state index contributed by atoms with van der Waals surface area (Å²) in [6, 6.07) is 5.65. The number of primary amides is 1. The van der Waals surface area contributed by atoms with Crippen molar-refractivity contribution in [1.29, 1.82) is 0 Å². The number of nitrogens with two attached hydrogens (primary N) is 1. The first kappa shape index (κ1) is 19.5. The molecule has 1 heterocycles. The van der Waals surface area contributed by atoms with Gasteiger partial charge >= 0.3 is 0 Å². The zero-order chi connectivity index (χ0) is 19.4. The van der Waals surface area contributed by atoms with E-state index in [0.717, 1.165) is 18.4 Å². The third-order valence-electron chi connectivity index (χ3n) is 5.04. The molecule has 1 amide bonds. The molecule has 7 heteroatoms. The summed E-state index contributed by atoms with van der Waals surface area (Å²) < 4.78 is 0. The van der Waals surface area contributed by atoms with Gasteiger partial charge in [-0.1, -0.05) is 6.07 Å². The van der Waals surface area contributed by atoms with Gasteiger partial charge in [0, 0.05) is 12.6 Å². The molecule has 0 spiro atoms. The van der Waals surface area contributed by atoms with E-state index in [2.05, 4.69) is 34.5 Å². The molecule has 7 nitrogen and oxygen atoms in total. The molecule has 0 radical (unpaired) electrons. The number of aromatic nitrogens is 1. The van der Waals surface area contributed by atoms with Crippen LogP contribution in [0.3, 0.4) is 0 Å². The minimum Gasteiger partial charge on any atom is -0.364 e. The average Bonchev–Trinajstić information content (AvgIpc) is 3.53. The van der Waals surface area contributed by atoms with Crippen molar-refractivity contribution in [2.45, 2.75) is 58.7 Å². The summed E-state index contributed by atoms with van der Waals surface area (Å²) in [6.45, 7) is 7.02. The van der Waals surface area contributed by atoms with E-state index in [1.807, 2.05) is 13.0 Å². The van der Waals surface area contributed by atoms with Crippen LogP contribution in [0.1, 0.15) is 62.6 Å². The van der Waals surface area contributed by atoms with Crippen molar-refractivity contribution in [1.82, 2.24) is 15.6 Å². The molecule has 27 heavy (non-hydrogen) atoms. The molecule has 3 rings (SSSR count). The molecular weight excluding hydrogens is 340 g/mol. The second-order valence-corrected chi connectivity index (χ2v) is 7.72. The topological polar surface area (TPSA) is 105 Å². The fourth-order valence-corrected chi connectivity index (χ4v) is 2.99. The van der Waals surface area contributed by atoms with Gasteiger partial charge < -0.3 is 11.1 Å². The van der Waals surface area contributed by atoms with Crippen LogP contribution in [0, 0.1) is 11.8 Å². The number of rotatable bonds is 8. The number of guanidine groups is 1. The van der Waals surface area contributed by atoms with Crippen molar-refractivity contribution in [3.8, 4) is 0 Å². The lowest BCUT2D eigenvalue weighted by molar-refractivity contribution is 0.0995. The van der Waals surface area contributed by atoms with Crippen LogP contribution in [-0.4, -0.2) is 41.3 Å². The summed E-state index contributed by atoms with van der Waals surface area (Å²) in [5.41, 5.74) is 6.88. The minimum absolute atomic E-state index is 0.0243. The van der Waals surface area contributed by atoms with Crippen LogP contribution in [0.4, 0.5) is 0 Å². The van der Waals surface area contributed by atoms with Crippen LogP contribution < -0.4 is 16.4 Å². The van der Waals surface area contributed by atoms with Crippen molar-refractivity contribution < 1.29 is 4.79 Å². The van der Waals surface area contributed by atoms with Crippen LogP contribution in [0.15, 0.2) is 28.2 Å². The second kappa shape index (κ2) is 8.61. The van der Waals surface area contributed by atoms with Gasteiger partial charge in [-0.15, -0.1) is 0 Å². The largest absolute Gasteiger partial charge is 0.364 e. The van der Waals surface area contributed by atoms with E-state index in [4.69, 9.17) is 10.7 Å². The molecule has 2 unspecified atom stereocenters. The number of nitrogens with one attached hydrogen (secondary N) is 2. The molecule has 4 N–H and O–H groups in total. The maximum atomic E-state index is 11.4. The first-order valence-electron chi connectivity index (χ1n) is 9.82. The summed E-state index contributed by atoms with van der Waals surface area (Å²) >= 11 is 0. The van der Waals surface area contributed by atoms with Crippen molar-refractivity contribution in [2.75, 3.05) is 6.54 Å². The Hall–Kier alpha value is -2.28. The highest BCUT2D eigenvalue weighted by molar-refractivity contribution is 6.05. The molecule has 0 bridgehead atoms. The molecule has 0 saturated heterocycles. The highest BCUT2D eigenvalue weighted by Crippen LogP contribution is 2.32. The Kier molecular flexibility index (Phi) is 6.21. The molecular formula is C20H30N6O. The van der Waals surface area contributed by atoms with Crippen LogP contribution >= 0.6 is 0 Å². The lowest BCUT2D eigenvalue weighted by Crippen LogP contribution is -2.37. The van der Waals surface area contributed by atoms with Gasteiger partial charge in [0.1, 0.15) is 11.9 Å². The lowest BCUT2D eigenvalue weighted by atomic mass is 10.2. The molecule has 0 aromatic carbocycles. The number of pyridine rings is 1. The summed E-state index contributed by atoms with van der Waals surface area (Å²) in [5.74, 6) is 1.55. The van der Waals surface area contributed by atoms with Crippen LogP contribution in [0.2, 0.25) is 0 Å². The summed E-state index contributed by atoms with van der Waals surface area (Å²) in [7, 11) is 0. The molecule has 1 aromatic rings. The first-order valence-corrected chi connectivity index (χ1v) is 9.82. The predicted molar refractivity (Wildman–Crippen MR) is 108 cm³/mol. The summed E-state index contributed by atoms with van der Waals surface area (Å²) in [5, 5.41) is 6.91. The lowest BCUT2D eigenvalue weighted by Gasteiger charge is -2.17. The standard InChI is InChI=1S/C20H30N6O/c1-12(16-9-10-16)23-14(3)25-20(22-11-15-7-8-15)24-13(2)17-5-4-6-18(26-17)19(21)27/h4-6,12,14-16,23H,7-11H2,1-3H3,(H2,21,27)(H,22,25)/b24-13+. The Morgan fingerprint density at radius 1 is 1.26 bits per heavy atom. The molecule has 2 aliphatic rings. The Morgan fingerprint density at radius 3 is 2.59 bits per heavy atom. The monoisotopic (exact) mass is 370 g/mol. The number of hydrogen-bond donors (Lipinski definition) is 3. The zero-order valence-electron chi connectivity index (χ0n) is 16.4. The maximum absolute atomic E-state index is 11.4. The van der Waals surface area contributed by atoms with Gasteiger partial charge in [-0.3, -0.25) is 10.1 Å². The number of carbonyl (C=O) groups excluding carboxylic acids is 1. The van der Waals surface area contributed by atoms with Crippen molar-refractivity contribution >= 4 is 17.6 Å². The third-order valence-corrected chi connectivity index (χ3v) is 5.04. The van der Waals surface area contributed by atoms with E-state index in [0.29, 0.717) is 23.4 Å². The van der Waals surface area contributed by atoms with Crippen molar-refractivity contribution in [2.24, 2.45) is 27.6 Å². The molecule has 1 aromatic heterocycles. The van der Waals surface area contributed by atoms with Crippen molar-refractivity contribution in [3.63, 3.8) is 0 Å². The number of hydrogen-bond acceptors (Lipinski definition) is 4. The van der Waals surface area contributed by atoms with E-state index in [9.17, 15) is 4.79 Å². The number of aliphatic imine (C=N–C) groups is 2. The van der Waals surface area contributed by atoms with Crippen molar-refractivity contribution in [3.05, 3.63) is 29.6 Å². The van der Waals surface area contributed by atoms with E-state index in [1.165, 1.54) is 25.7 Å². The Morgan fingerprint density at radius 2 is 1.96 bits per heavy atom. The van der Waals surface area contributed by atoms with Crippen LogP contribution in [0.25, 0.3) is 0 Å². The van der Waals surface area contributed by atoms with E-state index >= 15 is 0 Å². The van der Waals surface area contributed by atoms with Gasteiger partial charge in [0.2, 0.25) is 5.96 Å². The molecule has 2 saturated carbocycles. The van der Waals surface area contributed by atoms with Gasteiger partial charge in [0.05, 0.1) is 11.4 Å². The molecule has 2 aliphatic carbocycles. The Labute approximate surface area is 161 Å². The fraction of sp³-hybridized carbons (Fsp3) is 0.600. The first-order chi connectivity index (χ1) is 12.9. The van der Waals surface area contributed by atoms with E-state index < -0.39 is 5.91 Å². The normalized spacial score (nSPS) is 20.3. The Balaban J connectivity index is 1.73. The Bertz CT molecular complexity index is 736. The van der Waals surface area contributed by atoms with Crippen LogP contribution in [0.5, 0.6) is 0 Å². The van der Waals surface area contributed by atoms with E-state index in [-0.39, 0.29) is 11.9 Å². The fourth-order valence-electron chi connectivity index (χ4n) is 2.99. The minimum atomic E-state index is -0.544. The molecule has 0 aliphatic heterocycles. The van der Waals surface area contributed by atoms with Crippen LogP contribution in [-0.2, 0) is 0 Å². The van der Waals surface area contributed by atoms with Gasteiger partial charge in [-0.25, -0.2) is 15.0 Å². The number of amides is 1. The summed E-state index contributed by atoms with van der Waals surface area (Å²) in [6.07, 6.45) is 5.10. The van der Waals surface area contributed by atoms with Gasteiger partial charge in [-0.2, -0.15) is 0 Å². The number of carbonyl (C=O) groups is 1. The van der Waals surface area contributed by atoms with E-state index in [1.54, 1.807) is 12.1 Å². The summed E-state index contributed by atoms with van der Waals surface area (Å²) in [4.78, 5) is 25.0. The second-order valence-electron chi connectivity index (χ2n) is 7.72. The quantitative estimate of drug-likeness (QED) is 0.481. The SMILES string of the molecule is C/C(=N\C(=N/C(C)NC(C)C1CC1)NCC1CC1)c1cccc(C(N)=O)n1. The predicted octanol–water partition coefficient (Wildman–Crippen LogP) is 2.08. The highest BCUT2D eigenvalue weighted by atomic mass is 16.1. The third kappa shape index (κ3) is 6.13. The smallest absolute Gasteiger partial charge is 0.267 e. The van der Waals surface area contributed by atoms with Gasteiger partial charge in [0.15, 0.2) is 0 Å². The maximum Gasteiger partial charge on any atom is 0.267 e. The highest BCUT2D eigenvalue weighted by Gasteiger charge is 2.28.